The van der Waals surface area contributed by atoms with E-state index < -0.39 is 0 Å². The van der Waals surface area contributed by atoms with Gasteiger partial charge in [-0.1, -0.05) is 19.8 Å². The summed E-state index contributed by atoms with van der Waals surface area (Å²) >= 11 is 0. The second-order valence-corrected chi connectivity index (χ2v) is 3.09. The van der Waals surface area contributed by atoms with Crippen LogP contribution in [0.3, 0.4) is 0 Å². The van der Waals surface area contributed by atoms with Gasteiger partial charge in [0.15, 0.2) is 0 Å². The van der Waals surface area contributed by atoms with E-state index in [0.717, 1.165) is 38.8 Å². The molecule has 0 aliphatic heterocycles. The molecule has 4 nitrogen and oxygen atoms in total. The third kappa shape index (κ3) is 24.5. The first-order valence-electron chi connectivity index (χ1n) is 5.10. The third-order valence-electron chi connectivity index (χ3n) is 1.53. The molecule has 8 N–H and O–H groups in total. The number of nitrogens with two attached hydrogens (primary N) is 4. The van der Waals surface area contributed by atoms with Gasteiger partial charge in [0, 0.05) is 0 Å². The summed E-state index contributed by atoms with van der Waals surface area (Å²) in [6.07, 6.45) is 5.34. The van der Waals surface area contributed by atoms with Crippen LogP contribution in [-0.2, 0) is 0 Å². The monoisotopic (exact) mass is 190 g/mol. The van der Waals surface area contributed by atoms with Gasteiger partial charge in [-0.2, -0.15) is 0 Å². The first-order valence-corrected chi connectivity index (χ1v) is 5.10. The summed E-state index contributed by atoms with van der Waals surface area (Å²) < 4.78 is 0. The van der Waals surface area contributed by atoms with E-state index in [1.165, 1.54) is 6.42 Å². The van der Waals surface area contributed by atoms with Crippen molar-refractivity contribution < 1.29 is 0 Å². The summed E-state index contributed by atoms with van der Waals surface area (Å²) in [6, 6.07) is 0. The van der Waals surface area contributed by atoms with E-state index in [2.05, 4.69) is 6.92 Å². The van der Waals surface area contributed by atoms with E-state index in [1.807, 2.05) is 0 Å². The van der Waals surface area contributed by atoms with Gasteiger partial charge in [-0.05, 0) is 32.4 Å². The maximum Gasteiger partial charge on any atom is 0.0520 e. The van der Waals surface area contributed by atoms with Crippen LogP contribution in [0.2, 0.25) is 0 Å². The van der Waals surface area contributed by atoms with Crippen molar-refractivity contribution in [3.8, 4) is 0 Å². The summed E-state index contributed by atoms with van der Waals surface area (Å²) in [4.78, 5) is 0. The first kappa shape index (κ1) is 15.3. The van der Waals surface area contributed by atoms with Crippen LogP contribution in [-0.4, -0.2) is 19.3 Å². The highest BCUT2D eigenvalue weighted by atomic mass is 14.8. The Balaban J connectivity index is 0. The Labute approximate surface area is 82.0 Å². The summed E-state index contributed by atoms with van der Waals surface area (Å²) in [5.41, 5.74) is 20.8. The third-order valence-corrected chi connectivity index (χ3v) is 1.53. The quantitative estimate of drug-likeness (QED) is 0.352. The molecule has 0 radical (unpaired) electrons. The van der Waals surface area contributed by atoms with Crippen molar-refractivity contribution in [1.82, 2.24) is 0 Å². The van der Waals surface area contributed by atoms with Crippen molar-refractivity contribution in [3.63, 3.8) is 0 Å². The van der Waals surface area contributed by atoms with Crippen LogP contribution in [0.1, 0.15) is 39.0 Å². The lowest BCUT2D eigenvalue weighted by Gasteiger charge is -1.97. The molecule has 0 saturated carbocycles. The normalized spacial score (nSPS) is 9.69. The van der Waals surface area contributed by atoms with Crippen molar-refractivity contribution >= 4 is 0 Å². The molecule has 0 unspecified atom stereocenters. The van der Waals surface area contributed by atoms with E-state index in [1.54, 1.807) is 0 Å². The molecule has 0 bridgehead atoms. The van der Waals surface area contributed by atoms with Crippen LogP contribution >= 0.6 is 0 Å². The summed E-state index contributed by atoms with van der Waals surface area (Å²) in [5.74, 6) is 0. The molecule has 0 aliphatic rings. The van der Waals surface area contributed by atoms with Crippen molar-refractivity contribution in [2.45, 2.75) is 45.2 Å². The van der Waals surface area contributed by atoms with Crippen molar-refractivity contribution in [2.24, 2.45) is 22.9 Å². The van der Waals surface area contributed by atoms with Gasteiger partial charge in [0.1, 0.15) is 0 Å². The second-order valence-electron chi connectivity index (χ2n) is 3.09. The van der Waals surface area contributed by atoms with Gasteiger partial charge in [0.2, 0.25) is 0 Å². The molecule has 0 atom stereocenters. The molecule has 82 valence electrons. The summed E-state index contributed by atoms with van der Waals surface area (Å²) in [7, 11) is 0. The fraction of sp³-hybridized carbons (Fsp3) is 1.00. The SMILES string of the molecule is CCCC(N)N.NCCCCCN. The molecule has 0 saturated heterocycles. The minimum absolute atomic E-state index is 0.102. The smallest absolute Gasteiger partial charge is 0.0520 e. The van der Waals surface area contributed by atoms with Gasteiger partial charge < -0.3 is 22.9 Å². The van der Waals surface area contributed by atoms with Crippen LogP contribution in [0.25, 0.3) is 0 Å². The topological polar surface area (TPSA) is 104 Å². The summed E-state index contributed by atoms with van der Waals surface area (Å²) in [6.45, 7) is 3.67. The lowest BCUT2D eigenvalue weighted by molar-refractivity contribution is 0.627. The molecule has 0 aromatic heterocycles. The van der Waals surface area contributed by atoms with Gasteiger partial charge in [0.05, 0.1) is 6.17 Å². The highest BCUT2D eigenvalue weighted by molar-refractivity contribution is 4.45. The van der Waals surface area contributed by atoms with Gasteiger partial charge >= 0.3 is 0 Å². The minimum atomic E-state index is -0.102. The highest BCUT2D eigenvalue weighted by Gasteiger charge is 1.85. The molecule has 0 spiro atoms. The lowest BCUT2D eigenvalue weighted by Crippen LogP contribution is -2.29. The Morgan fingerprint density at radius 3 is 1.54 bits per heavy atom. The van der Waals surface area contributed by atoms with E-state index >= 15 is 0 Å². The molecular formula is C9H26N4. The van der Waals surface area contributed by atoms with Crippen LogP contribution in [0, 0.1) is 0 Å². The Kier molecular flexibility index (Phi) is 16.9. The van der Waals surface area contributed by atoms with Crippen LogP contribution in [0.15, 0.2) is 0 Å². The maximum absolute atomic E-state index is 5.23. The lowest BCUT2D eigenvalue weighted by atomic mass is 10.2. The van der Waals surface area contributed by atoms with Gasteiger partial charge in [-0.15, -0.1) is 0 Å². The van der Waals surface area contributed by atoms with Crippen molar-refractivity contribution in [2.75, 3.05) is 13.1 Å². The Hall–Kier alpha value is -0.160. The van der Waals surface area contributed by atoms with E-state index in [0.29, 0.717) is 0 Å². The number of hydrogen-bond donors (Lipinski definition) is 4. The van der Waals surface area contributed by atoms with Gasteiger partial charge in [-0.25, -0.2) is 0 Å². The zero-order valence-corrected chi connectivity index (χ0v) is 8.84. The molecular weight excluding hydrogens is 164 g/mol. The minimum Gasteiger partial charge on any atom is -0.330 e. The van der Waals surface area contributed by atoms with Crippen LogP contribution < -0.4 is 22.9 Å². The number of hydrogen-bond acceptors (Lipinski definition) is 4. The van der Waals surface area contributed by atoms with E-state index in [9.17, 15) is 0 Å². The first-order chi connectivity index (χ1) is 6.18. The molecule has 4 heteroatoms. The largest absolute Gasteiger partial charge is 0.330 e. The van der Waals surface area contributed by atoms with E-state index in [4.69, 9.17) is 22.9 Å². The van der Waals surface area contributed by atoms with Crippen LogP contribution in [0.4, 0.5) is 0 Å². The molecule has 0 rings (SSSR count). The zero-order valence-electron chi connectivity index (χ0n) is 8.84. The van der Waals surface area contributed by atoms with Gasteiger partial charge in [0.25, 0.3) is 0 Å². The standard InChI is InChI=1S/C5H14N2.C4H12N2/c6-4-2-1-3-5-7;1-2-3-4(5)6/h1-7H2;4H,2-3,5-6H2,1H3. The van der Waals surface area contributed by atoms with Crippen LogP contribution in [0.5, 0.6) is 0 Å². The second kappa shape index (κ2) is 14.4. The molecule has 0 amide bonds. The Morgan fingerprint density at radius 1 is 0.923 bits per heavy atom. The Bertz CT molecular complexity index is 72.0. The number of rotatable bonds is 6. The molecule has 0 fully saturated rings. The Morgan fingerprint density at radius 2 is 1.38 bits per heavy atom. The molecule has 0 aromatic carbocycles. The fourth-order valence-corrected chi connectivity index (χ4v) is 0.799. The molecule has 0 heterocycles. The predicted octanol–water partition coefficient (Wildman–Crippen LogP) is 0.104. The van der Waals surface area contributed by atoms with Gasteiger partial charge in [-0.3, -0.25) is 0 Å². The average molecular weight is 190 g/mol. The van der Waals surface area contributed by atoms with Crippen molar-refractivity contribution in [1.29, 1.82) is 0 Å². The van der Waals surface area contributed by atoms with Crippen molar-refractivity contribution in [3.05, 3.63) is 0 Å². The average Bonchev–Trinajstić information content (AvgIpc) is 2.06. The molecule has 0 aromatic rings. The maximum atomic E-state index is 5.23. The summed E-state index contributed by atoms with van der Waals surface area (Å²) in [5, 5.41) is 0. The molecule has 0 aliphatic carbocycles. The highest BCUT2D eigenvalue weighted by Crippen LogP contribution is 1.88. The zero-order chi connectivity index (χ0) is 10.5. The number of unbranched alkanes of at least 4 members (excludes halogenated alkanes) is 2. The fourth-order valence-electron chi connectivity index (χ4n) is 0.799. The predicted molar refractivity (Wildman–Crippen MR) is 59.0 cm³/mol. The van der Waals surface area contributed by atoms with E-state index in [-0.39, 0.29) is 6.17 Å². The molecule has 13 heavy (non-hydrogen) atoms.